The Morgan fingerprint density at radius 1 is 1.31 bits per heavy atom. The molecule has 0 spiro atoms. The van der Waals surface area contributed by atoms with E-state index in [1.807, 2.05) is 6.92 Å². The first-order valence-electron chi connectivity index (χ1n) is 10.6. The number of nitrogens with zero attached hydrogens (tertiary/aromatic N) is 4. The third-order valence-electron chi connectivity index (χ3n) is 5.31. The molecule has 164 valence electrons. The van der Waals surface area contributed by atoms with Crippen LogP contribution < -0.4 is 5.32 Å². The van der Waals surface area contributed by atoms with Gasteiger partial charge in [-0.1, -0.05) is 18.0 Å². The minimum absolute atomic E-state index is 0.126. The molecule has 1 aromatic rings. The molecule has 10 heteroatoms. The smallest absolute Gasteiger partial charge is 0.220 e. The van der Waals surface area contributed by atoms with Gasteiger partial charge < -0.3 is 19.5 Å². The molecule has 1 aliphatic carbocycles. The van der Waals surface area contributed by atoms with Crippen LogP contribution in [0.15, 0.2) is 21.8 Å². The first-order valence-corrected chi connectivity index (χ1v) is 12.2. The number of sulfonamides is 1. The predicted octanol–water partition coefficient (Wildman–Crippen LogP) is 1.44. The summed E-state index contributed by atoms with van der Waals surface area (Å²) in [4.78, 5) is 6.84. The van der Waals surface area contributed by atoms with E-state index in [9.17, 15) is 8.42 Å². The van der Waals surface area contributed by atoms with Crippen molar-refractivity contribution in [1.82, 2.24) is 19.7 Å². The number of hydrogen-bond acceptors (Lipinski definition) is 6. The molecule has 2 fully saturated rings. The topological polar surface area (TPSA) is 100 Å². The summed E-state index contributed by atoms with van der Waals surface area (Å²) in [5.41, 5.74) is 0.433. The normalized spacial score (nSPS) is 19.8. The SMILES string of the molecule is CCNC(=NCCCOC1CCCC1)N1CCN(S(=O)(=O)Cc2ccon2)CC1. The number of aromatic nitrogens is 1. The molecule has 2 aliphatic rings. The van der Waals surface area contributed by atoms with E-state index < -0.39 is 10.0 Å². The molecule has 1 aromatic heterocycles. The molecule has 2 heterocycles. The summed E-state index contributed by atoms with van der Waals surface area (Å²) in [5.74, 6) is 0.723. The monoisotopic (exact) mass is 427 g/mol. The summed E-state index contributed by atoms with van der Waals surface area (Å²) >= 11 is 0. The summed E-state index contributed by atoms with van der Waals surface area (Å²) in [5, 5.41) is 7.03. The summed E-state index contributed by atoms with van der Waals surface area (Å²) < 4.78 is 37.3. The zero-order chi connectivity index (χ0) is 20.5. The Balaban J connectivity index is 1.44. The molecule has 1 N–H and O–H groups in total. The van der Waals surface area contributed by atoms with E-state index >= 15 is 0 Å². The van der Waals surface area contributed by atoms with Crippen LogP contribution in [0, 0.1) is 0 Å². The number of rotatable bonds is 9. The van der Waals surface area contributed by atoms with E-state index in [1.54, 1.807) is 6.07 Å². The van der Waals surface area contributed by atoms with Crippen molar-refractivity contribution in [2.75, 3.05) is 45.9 Å². The van der Waals surface area contributed by atoms with Crippen LogP contribution in [-0.4, -0.2) is 80.7 Å². The molecule has 0 radical (unpaired) electrons. The van der Waals surface area contributed by atoms with E-state index in [-0.39, 0.29) is 5.75 Å². The molecule has 0 amide bonds. The van der Waals surface area contributed by atoms with E-state index in [1.165, 1.54) is 36.3 Å². The minimum Gasteiger partial charge on any atom is -0.378 e. The second-order valence-electron chi connectivity index (χ2n) is 7.50. The Labute approximate surface area is 173 Å². The number of hydrogen-bond donors (Lipinski definition) is 1. The molecular weight excluding hydrogens is 394 g/mol. The van der Waals surface area contributed by atoms with Crippen molar-refractivity contribution in [3.63, 3.8) is 0 Å². The Morgan fingerprint density at radius 3 is 2.72 bits per heavy atom. The van der Waals surface area contributed by atoms with Crippen molar-refractivity contribution in [1.29, 1.82) is 0 Å². The van der Waals surface area contributed by atoms with Crippen LogP contribution in [0.25, 0.3) is 0 Å². The molecule has 0 aromatic carbocycles. The van der Waals surface area contributed by atoms with Crippen molar-refractivity contribution < 1.29 is 17.7 Å². The largest absolute Gasteiger partial charge is 0.378 e. The molecule has 1 saturated heterocycles. The van der Waals surface area contributed by atoms with Gasteiger partial charge in [0.2, 0.25) is 10.0 Å². The van der Waals surface area contributed by atoms with Crippen LogP contribution in [0.4, 0.5) is 0 Å². The third-order valence-corrected chi connectivity index (χ3v) is 7.12. The maximum atomic E-state index is 12.6. The first kappa shape index (κ1) is 22.0. The van der Waals surface area contributed by atoms with E-state index in [0.717, 1.165) is 25.5 Å². The molecule has 3 rings (SSSR count). The number of nitrogens with one attached hydrogen (secondary N) is 1. The van der Waals surface area contributed by atoms with Gasteiger partial charge in [-0.2, -0.15) is 4.31 Å². The fourth-order valence-electron chi connectivity index (χ4n) is 3.75. The molecule has 9 nitrogen and oxygen atoms in total. The van der Waals surface area contributed by atoms with Crippen molar-refractivity contribution in [3.05, 3.63) is 18.0 Å². The second-order valence-corrected chi connectivity index (χ2v) is 9.47. The van der Waals surface area contributed by atoms with E-state index in [0.29, 0.717) is 44.5 Å². The van der Waals surface area contributed by atoms with Crippen molar-refractivity contribution in [2.45, 2.75) is 50.9 Å². The first-order chi connectivity index (χ1) is 14.1. The van der Waals surface area contributed by atoms with Crippen LogP contribution in [0.2, 0.25) is 0 Å². The van der Waals surface area contributed by atoms with Gasteiger partial charge in [0.15, 0.2) is 5.96 Å². The maximum Gasteiger partial charge on any atom is 0.220 e. The maximum absolute atomic E-state index is 12.6. The highest BCUT2D eigenvalue weighted by Crippen LogP contribution is 2.20. The van der Waals surface area contributed by atoms with Gasteiger partial charge in [0, 0.05) is 51.9 Å². The fraction of sp³-hybridized carbons (Fsp3) is 0.789. The highest BCUT2D eigenvalue weighted by Gasteiger charge is 2.29. The Bertz CT molecular complexity index is 724. The van der Waals surface area contributed by atoms with Gasteiger partial charge in [0.25, 0.3) is 0 Å². The minimum atomic E-state index is -3.39. The molecule has 0 atom stereocenters. The van der Waals surface area contributed by atoms with Crippen LogP contribution in [0.1, 0.15) is 44.7 Å². The standard InChI is InChI=1S/C19H33N5O4S/c1-2-20-19(21-9-5-14-27-18-6-3-4-7-18)23-10-12-24(13-11-23)29(25,26)16-17-8-15-28-22-17/h8,15,18H,2-7,9-14,16H2,1H3,(H,20,21). The Hall–Kier alpha value is -1.65. The van der Waals surface area contributed by atoms with E-state index in [2.05, 4.69) is 15.4 Å². The molecule has 0 unspecified atom stereocenters. The molecule has 0 bridgehead atoms. The van der Waals surface area contributed by atoms with Gasteiger partial charge in [-0.25, -0.2) is 8.42 Å². The number of piperazine rings is 1. The quantitative estimate of drug-likeness (QED) is 0.361. The Morgan fingerprint density at radius 2 is 2.07 bits per heavy atom. The lowest BCUT2D eigenvalue weighted by Crippen LogP contribution is -2.53. The summed E-state index contributed by atoms with van der Waals surface area (Å²) in [7, 11) is -3.39. The lowest BCUT2D eigenvalue weighted by molar-refractivity contribution is 0.0579. The zero-order valence-corrected chi connectivity index (χ0v) is 18.1. The highest BCUT2D eigenvalue weighted by molar-refractivity contribution is 7.88. The van der Waals surface area contributed by atoms with Gasteiger partial charge in [-0.3, -0.25) is 4.99 Å². The van der Waals surface area contributed by atoms with Gasteiger partial charge in [-0.15, -0.1) is 0 Å². The predicted molar refractivity (Wildman–Crippen MR) is 111 cm³/mol. The lowest BCUT2D eigenvalue weighted by atomic mass is 10.3. The average molecular weight is 428 g/mol. The third kappa shape index (κ3) is 6.68. The molecule has 1 saturated carbocycles. The van der Waals surface area contributed by atoms with Gasteiger partial charge in [0.05, 0.1) is 11.8 Å². The fourth-order valence-corrected chi connectivity index (χ4v) is 5.17. The highest BCUT2D eigenvalue weighted by atomic mass is 32.2. The number of guanidine groups is 1. The van der Waals surface area contributed by atoms with Crippen LogP contribution >= 0.6 is 0 Å². The summed E-state index contributed by atoms with van der Waals surface area (Å²) in [6.45, 7) is 6.39. The van der Waals surface area contributed by atoms with Crippen molar-refractivity contribution in [3.8, 4) is 0 Å². The van der Waals surface area contributed by atoms with Gasteiger partial charge in [0.1, 0.15) is 12.0 Å². The van der Waals surface area contributed by atoms with Crippen LogP contribution in [0.5, 0.6) is 0 Å². The van der Waals surface area contributed by atoms with E-state index in [4.69, 9.17) is 14.3 Å². The lowest BCUT2D eigenvalue weighted by Gasteiger charge is -2.35. The second kappa shape index (κ2) is 10.9. The molecule has 29 heavy (non-hydrogen) atoms. The summed E-state index contributed by atoms with van der Waals surface area (Å²) in [6, 6.07) is 1.58. The molecule has 1 aliphatic heterocycles. The molecular formula is C19H33N5O4S. The van der Waals surface area contributed by atoms with Gasteiger partial charge in [-0.05, 0) is 26.2 Å². The summed E-state index contributed by atoms with van der Waals surface area (Å²) in [6.07, 6.45) is 7.69. The van der Waals surface area contributed by atoms with Crippen LogP contribution in [0.3, 0.4) is 0 Å². The van der Waals surface area contributed by atoms with Crippen molar-refractivity contribution >= 4 is 16.0 Å². The van der Waals surface area contributed by atoms with Crippen molar-refractivity contribution in [2.24, 2.45) is 4.99 Å². The Kier molecular flexibility index (Phi) is 8.31. The average Bonchev–Trinajstić information content (AvgIpc) is 3.41. The number of ether oxygens (including phenoxy) is 1. The number of aliphatic imine (C=N–C) groups is 1. The van der Waals surface area contributed by atoms with Crippen LogP contribution in [-0.2, 0) is 20.5 Å². The zero-order valence-electron chi connectivity index (χ0n) is 17.3. The van der Waals surface area contributed by atoms with Gasteiger partial charge >= 0.3 is 0 Å².